The minimum absolute atomic E-state index is 0.251. The van der Waals surface area contributed by atoms with E-state index in [-0.39, 0.29) is 6.54 Å². The molecule has 2 rings (SSSR count). The van der Waals surface area contributed by atoms with Gasteiger partial charge in [0.15, 0.2) is 5.96 Å². The van der Waals surface area contributed by atoms with E-state index in [2.05, 4.69) is 15.6 Å². The lowest BCUT2D eigenvalue weighted by atomic mass is 10.1. The van der Waals surface area contributed by atoms with E-state index in [9.17, 15) is 5.11 Å². The summed E-state index contributed by atoms with van der Waals surface area (Å²) in [6.45, 7) is 6.98. The molecule has 0 aliphatic carbocycles. The van der Waals surface area contributed by atoms with Gasteiger partial charge in [0.05, 0.1) is 26.0 Å². The van der Waals surface area contributed by atoms with Crippen LogP contribution in [0.25, 0.3) is 0 Å². The van der Waals surface area contributed by atoms with Gasteiger partial charge in [0.1, 0.15) is 11.9 Å². The summed E-state index contributed by atoms with van der Waals surface area (Å²) in [6.07, 6.45) is 2.82. The van der Waals surface area contributed by atoms with Crippen LogP contribution in [-0.4, -0.2) is 57.1 Å². The Hall–Kier alpha value is -1.57. The molecule has 2 heterocycles. The van der Waals surface area contributed by atoms with E-state index in [1.165, 1.54) is 0 Å². The Labute approximate surface area is 143 Å². The van der Waals surface area contributed by atoms with Crippen molar-refractivity contribution in [3.05, 3.63) is 24.2 Å². The first-order valence-corrected chi connectivity index (χ1v) is 8.68. The second kappa shape index (κ2) is 11.1. The van der Waals surface area contributed by atoms with Gasteiger partial charge in [0.25, 0.3) is 0 Å². The highest BCUT2D eigenvalue weighted by molar-refractivity contribution is 5.79. The van der Waals surface area contributed by atoms with Gasteiger partial charge in [-0.25, -0.2) is 0 Å². The van der Waals surface area contributed by atoms with Crippen LogP contribution in [0.2, 0.25) is 0 Å². The SMILES string of the molecule is CCNC(=NCC(O)c1ccco1)NCCCOCC1CCOC1. The molecule has 1 aliphatic rings. The van der Waals surface area contributed by atoms with Crippen LogP contribution in [0.5, 0.6) is 0 Å². The zero-order valence-electron chi connectivity index (χ0n) is 14.4. The van der Waals surface area contributed by atoms with Crippen molar-refractivity contribution in [2.24, 2.45) is 10.9 Å². The summed E-state index contributed by atoms with van der Waals surface area (Å²) in [6, 6.07) is 3.50. The summed E-state index contributed by atoms with van der Waals surface area (Å²) in [4.78, 5) is 4.38. The standard InChI is InChI=1S/C17H29N3O4/c1-2-18-17(20-11-15(21)16-5-3-9-24-16)19-7-4-8-22-12-14-6-10-23-13-14/h3,5,9,14-15,21H,2,4,6-8,10-13H2,1H3,(H2,18,19,20). The predicted molar refractivity (Wildman–Crippen MR) is 92.0 cm³/mol. The monoisotopic (exact) mass is 339 g/mol. The summed E-state index contributed by atoms with van der Waals surface area (Å²) < 4.78 is 16.2. The quantitative estimate of drug-likeness (QED) is 0.338. The van der Waals surface area contributed by atoms with E-state index >= 15 is 0 Å². The van der Waals surface area contributed by atoms with Gasteiger partial charge in [-0.05, 0) is 31.9 Å². The first-order chi connectivity index (χ1) is 11.8. The normalized spacial score (nSPS) is 19.4. The number of hydrogen-bond acceptors (Lipinski definition) is 5. The maximum absolute atomic E-state index is 9.99. The van der Waals surface area contributed by atoms with Gasteiger partial charge in [-0.3, -0.25) is 4.99 Å². The molecule has 0 bridgehead atoms. The van der Waals surface area contributed by atoms with Crippen LogP contribution in [0.4, 0.5) is 0 Å². The number of ether oxygens (including phenoxy) is 2. The molecule has 2 atom stereocenters. The topological polar surface area (TPSA) is 88.3 Å². The average Bonchev–Trinajstić information content (AvgIpc) is 3.28. The summed E-state index contributed by atoms with van der Waals surface area (Å²) in [7, 11) is 0. The minimum Gasteiger partial charge on any atom is -0.467 e. The van der Waals surface area contributed by atoms with Gasteiger partial charge in [-0.1, -0.05) is 0 Å². The first-order valence-electron chi connectivity index (χ1n) is 8.68. The Morgan fingerprint density at radius 1 is 1.50 bits per heavy atom. The average molecular weight is 339 g/mol. The molecule has 0 aromatic carbocycles. The number of aliphatic hydroxyl groups is 1. The third kappa shape index (κ3) is 6.90. The fourth-order valence-electron chi connectivity index (χ4n) is 2.44. The number of guanidine groups is 1. The number of nitrogens with zero attached hydrogens (tertiary/aromatic N) is 1. The summed E-state index contributed by atoms with van der Waals surface area (Å²) in [5, 5.41) is 16.4. The van der Waals surface area contributed by atoms with E-state index < -0.39 is 6.10 Å². The smallest absolute Gasteiger partial charge is 0.191 e. The molecule has 2 unspecified atom stereocenters. The number of rotatable bonds is 10. The molecule has 24 heavy (non-hydrogen) atoms. The minimum atomic E-state index is -0.729. The lowest BCUT2D eigenvalue weighted by Crippen LogP contribution is -2.38. The van der Waals surface area contributed by atoms with Crippen LogP contribution < -0.4 is 10.6 Å². The van der Waals surface area contributed by atoms with E-state index in [4.69, 9.17) is 13.9 Å². The summed E-state index contributed by atoms with van der Waals surface area (Å²) >= 11 is 0. The Bertz CT molecular complexity index is 458. The van der Waals surface area contributed by atoms with Crippen LogP contribution in [0.3, 0.4) is 0 Å². The van der Waals surface area contributed by atoms with Gasteiger partial charge in [0, 0.05) is 32.2 Å². The maximum Gasteiger partial charge on any atom is 0.191 e. The van der Waals surface area contributed by atoms with E-state index in [1.54, 1.807) is 18.4 Å². The molecule has 0 saturated carbocycles. The molecule has 1 aromatic rings. The number of hydrogen-bond donors (Lipinski definition) is 3. The van der Waals surface area contributed by atoms with Crippen LogP contribution in [0.1, 0.15) is 31.6 Å². The highest BCUT2D eigenvalue weighted by Crippen LogP contribution is 2.13. The van der Waals surface area contributed by atoms with Gasteiger partial charge in [-0.15, -0.1) is 0 Å². The van der Waals surface area contributed by atoms with Crippen molar-refractivity contribution in [3.8, 4) is 0 Å². The Morgan fingerprint density at radius 2 is 2.42 bits per heavy atom. The molecule has 7 heteroatoms. The first kappa shape index (κ1) is 18.8. The molecular formula is C17H29N3O4. The van der Waals surface area contributed by atoms with Crippen molar-refractivity contribution in [2.75, 3.05) is 46.1 Å². The maximum atomic E-state index is 9.99. The summed E-state index contributed by atoms with van der Waals surface area (Å²) in [5.41, 5.74) is 0. The van der Waals surface area contributed by atoms with Gasteiger partial charge in [0.2, 0.25) is 0 Å². The number of furan rings is 1. The Morgan fingerprint density at radius 3 is 3.12 bits per heavy atom. The lowest BCUT2D eigenvalue weighted by Gasteiger charge is -2.13. The Balaban J connectivity index is 1.60. The predicted octanol–water partition coefficient (Wildman–Crippen LogP) is 1.31. The van der Waals surface area contributed by atoms with Gasteiger partial charge >= 0.3 is 0 Å². The molecule has 0 amide bonds. The number of aliphatic hydroxyl groups excluding tert-OH is 1. The zero-order chi connectivity index (χ0) is 17.0. The highest BCUT2D eigenvalue weighted by Gasteiger charge is 2.15. The van der Waals surface area contributed by atoms with E-state index in [0.29, 0.717) is 17.6 Å². The third-order valence-electron chi connectivity index (χ3n) is 3.77. The molecule has 3 N–H and O–H groups in total. The van der Waals surface area contributed by atoms with Gasteiger partial charge in [-0.2, -0.15) is 0 Å². The molecule has 1 aliphatic heterocycles. The second-order valence-corrected chi connectivity index (χ2v) is 5.84. The van der Waals surface area contributed by atoms with Crippen molar-refractivity contribution < 1.29 is 19.0 Å². The van der Waals surface area contributed by atoms with Crippen LogP contribution in [-0.2, 0) is 9.47 Å². The molecule has 0 spiro atoms. The van der Waals surface area contributed by atoms with Crippen LogP contribution >= 0.6 is 0 Å². The Kier molecular flexibility index (Phi) is 8.65. The molecule has 7 nitrogen and oxygen atoms in total. The van der Waals surface area contributed by atoms with Crippen molar-refractivity contribution in [1.29, 1.82) is 0 Å². The van der Waals surface area contributed by atoms with E-state index in [1.807, 2.05) is 6.92 Å². The largest absolute Gasteiger partial charge is 0.467 e. The molecular weight excluding hydrogens is 310 g/mol. The van der Waals surface area contributed by atoms with Crippen molar-refractivity contribution in [2.45, 2.75) is 25.9 Å². The molecule has 0 radical (unpaired) electrons. The fourth-order valence-corrected chi connectivity index (χ4v) is 2.44. The molecule has 1 aromatic heterocycles. The molecule has 1 fully saturated rings. The highest BCUT2D eigenvalue weighted by atomic mass is 16.5. The number of aliphatic imine (C=N–C) groups is 1. The molecule has 136 valence electrons. The summed E-state index contributed by atoms with van der Waals surface area (Å²) in [5.74, 6) is 1.77. The van der Waals surface area contributed by atoms with Crippen molar-refractivity contribution >= 4 is 5.96 Å². The van der Waals surface area contributed by atoms with Crippen LogP contribution in [0, 0.1) is 5.92 Å². The van der Waals surface area contributed by atoms with Crippen molar-refractivity contribution in [1.82, 2.24) is 10.6 Å². The van der Waals surface area contributed by atoms with E-state index in [0.717, 1.165) is 52.4 Å². The fraction of sp³-hybridized carbons (Fsp3) is 0.706. The van der Waals surface area contributed by atoms with Gasteiger partial charge < -0.3 is 29.6 Å². The second-order valence-electron chi connectivity index (χ2n) is 5.84. The zero-order valence-corrected chi connectivity index (χ0v) is 14.4. The third-order valence-corrected chi connectivity index (χ3v) is 3.77. The number of nitrogens with one attached hydrogen (secondary N) is 2. The van der Waals surface area contributed by atoms with Crippen LogP contribution in [0.15, 0.2) is 27.8 Å². The lowest BCUT2D eigenvalue weighted by molar-refractivity contribution is 0.0888. The van der Waals surface area contributed by atoms with Crippen molar-refractivity contribution in [3.63, 3.8) is 0 Å². The molecule has 1 saturated heterocycles.